The smallest absolute Gasteiger partial charge is 0.233 e. The van der Waals surface area contributed by atoms with Gasteiger partial charge in [0.05, 0.1) is 12.3 Å². The molecule has 1 amide bonds. The average molecular weight is 464 g/mol. The lowest BCUT2D eigenvalue weighted by Gasteiger charge is -2.26. The van der Waals surface area contributed by atoms with Crippen LogP contribution in [0.1, 0.15) is 43.1 Å². The van der Waals surface area contributed by atoms with Crippen molar-refractivity contribution < 1.29 is 4.79 Å². The molecule has 7 heteroatoms. The number of nitrogens with zero attached hydrogens (tertiary/aromatic N) is 5. The van der Waals surface area contributed by atoms with Gasteiger partial charge in [-0.1, -0.05) is 67.6 Å². The van der Waals surface area contributed by atoms with E-state index in [2.05, 4.69) is 63.0 Å². The molecule has 0 saturated carbocycles. The lowest BCUT2D eigenvalue weighted by Crippen LogP contribution is -2.30. The maximum Gasteiger partial charge on any atom is 0.233 e. The lowest BCUT2D eigenvalue weighted by molar-refractivity contribution is -0.127. The number of aromatic nitrogens is 3. The van der Waals surface area contributed by atoms with Crippen LogP contribution in [0.15, 0.2) is 59.8 Å². The second kappa shape index (κ2) is 11.5. The second-order valence-corrected chi connectivity index (χ2v) is 9.56. The molecule has 1 aliphatic heterocycles. The highest BCUT2D eigenvalue weighted by atomic mass is 32.2. The van der Waals surface area contributed by atoms with Crippen LogP contribution in [0.5, 0.6) is 0 Å². The topological polar surface area (TPSA) is 54.3 Å². The van der Waals surface area contributed by atoms with Crippen LogP contribution in [0.2, 0.25) is 0 Å². The van der Waals surface area contributed by atoms with Gasteiger partial charge in [0.25, 0.3) is 0 Å². The Morgan fingerprint density at radius 3 is 2.36 bits per heavy atom. The first-order chi connectivity index (χ1) is 16.1. The first-order valence-corrected chi connectivity index (χ1v) is 12.8. The highest BCUT2D eigenvalue weighted by molar-refractivity contribution is 7.99. The van der Waals surface area contributed by atoms with Gasteiger partial charge in [-0.3, -0.25) is 14.3 Å². The zero-order chi connectivity index (χ0) is 23.0. The molecule has 6 nitrogen and oxygen atoms in total. The average Bonchev–Trinajstić information content (AvgIpc) is 3.26. The summed E-state index contributed by atoms with van der Waals surface area (Å²) in [7, 11) is 1.86. The molecule has 4 rings (SSSR count). The number of likely N-dealkylation sites (tertiary alicyclic amines) is 1. The summed E-state index contributed by atoms with van der Waals surface area (Å²) in [6, 6.07) is 18.7. The molecule has 3 aromatic rings. The molecule has 1 fully saturated rings. The molecule has 0 aliphatic carbocycles. The van der Waals surface area contributed by atoms with E-state index >= 15 is 0 Å². The van der Waals surface area contributed by atoms with Crippen LogP contribution in [0.25, 0.3) is 5.69 Å². The molecule has 0 unspecified atom stereocenters. The summed E-state index contributed by atoms with van der Waals surface area (Å²) in [4.78, 5) is 17.1. The number of benzene rings is 2. The molecular weight excluding hydrogens is 430 g/mol. The van der Waals surface area contributed by atoms with Crippen molar-refractivity contribution in [3.05, 3.63) is 71.5 Å². The summed E-state index contributed by atoms with van der Waals surface area (Å²) in [6.07, 6.45) is 4.81. The largest absolute Gasteiger partial charge is 0.341 e. The van der Waals surface area contributed by atoms with Crippen LogP contribution in [-0.4, -0.2) is 56.4 Å². The van der Waals surface area contributed by atoms with Crippen LogP contribution >= 0.6 is 11.8 Å². The minimum absolute atomic E-state index is 0.0831. The van der Waals surface area contributed by atoms with Crippen molar-refractivity contribution in [2.24, 2.45) is 0 Å². The molecule has 2 aromatic carbocycles. The van der Waals surface area contributed by atoms with Crippen molar-refractivity contribution >= 4 is 17.7 Å². The molecule has 174 valence electrons. The van der Waals surface area contributed by atoms with E-state index in [1.807, 2.05) is 25.2 Å². The highest BCUT2D eigenvalue weighted by Crippen LogP contribution is 2.24. The number of rotatable bonds is 9. The van der Waals surface area contributed by atoms with E-state index in [0.29, 0.717) is 12.3 Å². The molecule has 0 atom stereocenters. The van der Waals surface area contributed by atoms with Crippen LogP contribution in [0.3, 0.4) is 0 Å². The molecule has 33 heavy (non-hydrogen) atoms. The van der Waals surface area contributed by atoms with E-state index in [-0.39, 0.29) is 5.91 Å². The van der Waals surface area contributed by atoms with Crippen molar-refractivity contribution in [2.75, 3.05) is 25.9 Å². The van der Waals surface area contributed by atoms with E-state index in [1.54, 1.807) is 4.90 Å². The van der Waals surface area contributed by atoms with E-state index in [4.69, 9.17) is 0 Å². The number of amides is 1. The van der Waals surface area contributed by atoms with Crippen LogP contribution < -0.4 is 0 Å². The predicted octanol–water partition coefficient (Wildman–Crippen LogP) is 4.57. The number of carbonyl (C=O) groups is 1. The van der Waals surface area contributed by atoms with Crippen molar-refractivity contribution in [1.82, 2.24) is 24.6 Å². The summed E-state index contributed by atoms with van der Waals surface area (Å²) >= 11 is 1.46. The molecular formula is C26H33N5OS. The summed E-state index contributed by atoms with van der Waals surface area (Å²) in [6.45, 7) is 5.74. The zero-order valence-corrected chi connectivity index (χ0v) is 20.4. The Balaban J connectivity index is 1.43. The Labute approximate surface area is 201 Å². The molecule has 1 aromatic heterocycles. The monoisotopic (exact) mass is 463 g/mol. The zero-order valence-electron chi connectivity index (χ0n) is 19.6. The van der Waals surface area contributed by atoms with Gasteiger partial charge in [0.1, 0.15) is 0 Å². The Morgan fingerprint density at radius 1 is 0.970 bits per heavy atom. The van der Waals surface area contributed by atoms with Gasteiger partial charge in [0.2, 0.25) is 5.91 Å². The van der Waals surface area contributed by atoms with Gasteiger partial charge < -0.3 is 4.90 Å². The minimum Gasteiger partial charge on any atom is -0.341 e. The lowest BCUT2D eigenvalue weighted by atomic mass is 10.1. The Hall–Kier alpha value is -2.64. The van der Waals surface area contributed by atoms with Gasteiger partial charge in [-0.25, -0.2) is 0 Å². The van der Waals surface area contributed by atoms with Gasteiger partial charge >= 0.3 is 0 Å². The van der Waals surface area contributed by atoms with Crippen LogP contribution in [0.4, 0.5) is 0 Å². The maximum absolute atomic E-state index is 12.9. The number of carbonyl (C=O) groups excluding carboxylic acids is 1. The third-order valence-electron chi connectivity index (χ3n) is 6.13. The summed E-state index contributed by atoms with van der Waals surface area (Å²) in [5, 5.41) is 9.76. The molecule has 0 radical (unpaired) electrons. The Morgan fingerprint density at radius 2 is 1.67 bits per heavy atom. The van der Waals surface area contributed by atoms with E-state index in [0.717, 1.165) is 48.3 Å². The van der Waals surface area contributed by atoms with Crippen molar-refractivity contribution in [1.29, 1.82) is 0 Å². The number of para-hydroxylation sites is 1. The SMILES string of the molecule is CCc1ccc(CN(C)C(=O)CSc2nnc(CN3CCCCC3)n2-c2ccccc2)cc1. The minimum atomic E-state index is 0.0831. The van der Waals surface area contributed by atoms with E-state index < -0.39 is 0 Å². The summed E-state index contributed by atoms with van der Waals surface area (Å²) in [5.41, 5.74) is 3.49. The third-order valence-corrected chi connectivity index (χ3v) is 7.04. The fraction of sp³-hybridized carbons (Fsp3) is 0.423. The first kappa shape index (κ1) is 23.5. The molecule has 1 aliphatic rings. The number of hydrogen-bond acceptors (Lipinski definition) is 5. The quantitative estimate of drug-likeness (QED) is 0.435. The third kappa shape index (κ3) is 6.24. The highest BCUT2D eigenvalue weighted by Gasteiger charge is 2.20. The Bertz CT molecular complexity index is 1030. The van der Waals surface area contributed by atoms with Gasteiger partial charge in [0.15, 0.2) is 11.0 Å². The molecule has 0 spiro atoms. The van der Waals surface area contributed by atoms with E-state index in [9.17, 15) is 4.79 Å². The maximum atomic E-state index is 12.9. The van der Waals surface area contributed by atoms with Gasteiger partial charge in [-0.05, 0) is 55.6 Å². The van der Waals surface area contributed by atoms with Gasteiger partial charge in [-0.15, -0.1) is 10.2 Å². The standard InChI is InChI=1S/C26H33N5OS/c1-3-21-12-14-22(15-13-21)18-29(2)25(32)20-33-26-28-27-24(19-30-16-8-5-9-17-30)31(26)23-10-6-4-7-11-23/h4,6-7,10-15H,3,5,8-9,16-20H2,1-2H3. The van der Waals surface area contributed by atoms with Gasteiger partial charge in [-0.2, -0.15) is 0 Å². The molecule has 1 saturated heterocycles. The number of piperidine rings is 1. The van der Waals surface area contributed by atoms with Crippen LogP contribution in [0, 0.1) is 0 Å². The molecule has 0 bridgehead atoms. The molecule has 0 N–H and O–H groups in total. The van der Waals surface area contributed by atoms with E-state index in [1.165, 1.54) is 36.6 Å². The predicted molar refractivity (Wildman–Crippen MR) is 134 cm³/mol. The molecule has 2 heterocycles. The summed E-state index contributed by atoms with van der Waals surface area (Å²) < 4.78 is 2.11. The van der Waals surface area contributed by atoms with Crippen molar-refractivity contribution in [2.45, 2.75) is 50.9 Å². The van der Waals surface area contributed by atoms with Gasteiger partial charge in [0, 0.05) is 19.3 Å². The summed E-state index contributed by atoms with van der Waals surface area (Å²) in [5.74, 6) is 1.35. The fourth-order valence-electron chi connectivity index (χ4n) is 4.13. The number of thioether (sulfide) groups is 1. The first-order valence-electron chi connectivity index (χ1n) is 11.8. The fourth-order valence-corrected chi connectivity index (χ4v) is 5.04. The number of hydrogen-bond donors (Lipinski definition) is 0. The second-order valence-electron chi connectivity index (χ2n) is 8.62. The van der Waals surface area contributed by atoms with Crippen molar-refractivity contribution in [3.63, 3.8) is 0 Å². The van der Waals surface area contributed by atoms with Crippen LogP contribution in [-0.2, 0) is 24.3 Å². The Kier molecular flexibility index (Phi) is 8.18. The van der Waals surface area contributed by atoms with Crippen molar-refractivity contribution in [3.8, 4) is 5.69 Å². The normalized spacial score (nSPS) is 14.4. The number of aryl methyl sites for hydroxylation is 1.